The number of pyridine rings is 1. The molecule has 17 heteroatoms. The standard InChI is InChI=1S/C30H28N4O12S/c1-30(14-46-29(43)33-13-16-3-5-21(36)23(38)9-16)24(28(41)42)34-26(40)19(27(34)47(30,44)45)11-18-10-17(6-7-31-18)25(39)32-12-15-2-4-20(35)22(37)8-15/h2-11,24,27,35-38H,12-14H2,1H3,(H,32,39)(H,33,43)(H,41,42)/b19-11-/t24-,27+,30-/m0/s1. The molecule has 7 N–H and O–H groups in total. The number of ether oxygens (including phenoxy) is 1. The molecular formula is C30H28N4O12S. The van der Waals surface area contributed by atoms with Gasteiger partial charge in [-0.1, -0.05) is 12.1 Å². The number of aliphatic carboxylic acids is 1. The van der Waals surface area contributed by atoms with Crippen molar-refractivity contribution in [3.8, 4) is 23.0 Å². The van der Waals surface area contributed by atoms with E-state index in [2.05, 4.69) is 15.6 Å². The van der Waals surface area contributed by atoms with E-state index >= 15 is 0 Å². The number of amides is 3. The molecule has 246 valence electrons. The van der Waals surface area contributed by atoms with Crippen molar-refractivity contribution in [2.45, 2.75) is 36.2 Å². The van der Waals surface area contributed by atoms with Gasteiger partial charge in [-0.25, -0.2) is 18.0 Å². The SMILES string of the molecule is C[C@]1(COC(=O)NCc2ccc(O)c(O)c2)[C@H](C(=O)O)N2C(=O)/C(=C/c3cc(C(=O)NCc4ccc(O)c(O)c4)ccn3)[C@H]2S1(=O)=O. The van der Waals surface area contributed by atoms with E-state index in [0.717, 1.165) is 13.0 Å². The van der Waals surface area contributed by atoms with Gasteiger partial charge in [0, 0.05) is 24.8 Å². The minimum atomic E-state index is -4.52. The average Bonchev–Trinajstić information content (AvgIpc) is 3.19. The molecule has 2 aliphatic rings. The van der Waals surface area contributed by atoms with Gasteiger partial charge in [0.2, 0.25) is 0 Å². The van der Waals surface area contributed by atoms with Gasteiger partial charge in [-0.3, -0.25) is 14.6 Å². The van der Waals surface area contributed by atoms with Gasteiger partial charge in [-0.05, 0) is 60.5 Å². The van der Waals surface area contributed by atoms with Crippen LogP contribution in [0, 0.1) is 0 Å². The van der Waals surface area contributed by atoms with Crippen LogP contribution in [0.15, 0.2) is 60.3 Å². The summed E-state index contributed by atoms with van der Waals surface area (Å²) in [5, 5.41) is 51.3. The zero-order valence-corrected chi connectivity index (χ0v) is 25.3. The first-order valence-corrected chi connectivity index (χ1v) is 15.4. The zero-order chi connectivity index (χ0) is 34.3. The first kappa shape index (κ1) is 32.6. The highest BCUT2D eigenvalue weighted by Crippen LogP contribution is 2.49. The number of carboxylic acids is 1. The van der Waals surface area contributed by atoms with Crippen LogP contribution in [0.5, 0.6) is 23.0 Å². The van der Waals surface area contributed by atoms with Crippen LogP contribution < -0.4 is 10.6 Å². The van der Waals surface area contributed by atoms with Crippen LogP contribution in [-0.4, -0.2) is 90.5 Å². The van der Waals surface area contributed by atoms with E-state index in [0.29, 0.717) is 16.0 Å². The fourth-order valence-corrected chi connectivity index (χ4v) is 7.58. The smallest absolute Gasteiger partial charge is 0.407 e. The summed E-state index contributed by atoms with van der Waals surface area (Å²) in [6.07, 6.45) is 1.30. The van der Waals surface area contributed by atoms with Gasteiger partial charge >= 0.3 is 12.1 Å². The van der Waals surface area contributed by atoms with Gasteiger partial charge in [0.1, 0.15) is 11.4 Å². The van der Waals surface area contributed by atoms with Crippen molar-refractivity contribution >= 4 is 39.8 Å². The second-order valence-electron chi connectivity index (χ2n) is 11.0. The maximum absolute atomic E-state index is 13.8. The molecule has 5 rings (SSSR count). The second kappa shape index (κ2) is 12.2. The lowest BCUT2D eigenvalue weighted by Crippen LogP contribution is -2.59. The lowest BCUT2D eigenvalue weighted by molar-refractivity contribution is -0.153. The number of nitrogens with zero attached hydrogens (tertiary/aromatic N) is 2. The molecule has 2 aromatic carbocycles. The van der Waals surface area contributed by atoms with Crippen LogP contribution in [0.1, 0.15) is 34.1 Å². The number of carbonyl (C=O) groups excluding carboxylic acids is 3. The lowest BCUT2D eigenvalue weighted by Gasteiger charge is -2.37. The fourth-order valence-electron chi connectivity index (χ4n) is 5.30. The summed E-state index contributed by atoms with van der Waals surface area (Å²) >= 11 is 0. The Labute approximate surface area is 266 Å². The number of carboxylic acid groups (broad SMARTS) is 1. The number of hydrogen-bond donors (Lipinski definition) is 7. The Morgan fingerprint density at radius 3 is 2.11 bits per heavy atom. The van der Waals surface area contributed by atoms with Gasteiger partial charge < -0.3 is 45.8 Å². The highest BCUT2D eigenvalue weighted by atomic mass is 32.2. The molecule has 0 saturated carbocycles. The van der Waals surface area contributed by atoms with E-state index in [-0.39, 0.29) is 47.2 Å². The molecule has 0 unspecified atom stereocenters. The highest BCUT2D eigenvalue weighted by molar-refractivity contribution is 7.94. The van der Waals surface area contributed by atoms with Crippen molar-refractivity contribution in [3.05, 3.63) is 82.7 Å². The van der Waals surface area contributed by atoms with Crippen LogP contribution in [-0.2, 0) is 37.3 Å². The molecule has 3 aromatic rings. The maximum Gasteiger partial charge on any atom is 0.407 e. The van der Waals surface area contributed by atoms with Crippen molar-refractivity contribution in [1.29, 1.82) is 0 Å². The summed E-state index contributed by atoms with van der Waals surface area (Å²) < 4.78 is 30.4. The molecule has 3 atom stereocenters. The Balaban J connectivity index is 1.30. The molecule has 3 amide bonds. The van der Waals surface area contributed by atoms with Crippen LogP contribution >= 0.6 is 0 Å². The third-order valence-electron chi connectivity index (χ3n) is 7.84. The number of β-lactam (4-membered cyclic amide) rings is 1. The van der Waals surface area contributed by atoms with Crippen molar-refractivity contribution < 1.29 is 57.9 Å². The van der Waals surface area contributed by atoms with E-state index in [4.69, 9.17) is 4.74 Å². The number of benzene rings is 2. The normalized spacial score (nSPS) is 21.9. The molecule has 0 spiro atoms. The summed E-state index contributed by atoms with van der Waals surface area (Å²) in [4.78, 5) is 55.3. The van der Waals surface area contributed by atoms with Crippen LogP contribution in [0.2, 0.25) is 0 Å². The predicted molar refractivity (Wildman–Crippen MR) is 160 cm³/mol. The van der Waals surface area contributed by atoms with Crippen molar-refractivity contribution in [2.24, 2.45) is 0 Å². The maximum atomic E-state index is 13.8. The summed E-state index contributed by atoms with van der Waals surface area (Å²) in [6, 6.07) is 8.59. The van der Waals surface area contributed by atoms with Crippen LogP contribution in [0.25, 0.3) is 6.08 Å². The molecule has 1 aromatic heterocycles. The summed E-state index contributed by atoms with van der Waals surface area (Å²) in [7, 11) is -4.52. The number of aromatic nitrogens is 1. The molecule has 16 nitrogen and oxygen atoms in total. The quantitative estimate of drug-likeness (QED) is 0.0954. The Morgan fingerprint density at radius 1 is 0.936 bits per heavy atom. The molecular weight excluding hydrogens is 640 g/mol. The minimum Gasteiger partial charge on any atom is -0.504 e. The number of sulfone groups is 1. The summed E-state index contributed by atoms with van der Waals surface area (Å²) in [5.74, 6) is -4.57. The number of alkyl carbamates (subject to hydrolysis) is 1. The zero-order valence-electron chi connectivity index (χ0n) is 24.4. The molecule has 2 aliphatic heterocycles. The van der Waals surface area contributed by atoms with Gasteiger partial charge in [0.15, 0.2) is 44.3 Å². The Bertz CT molecular complexity index is 1950. The molecule has 0 radical (unpaired) electrons. The number of nitrogens with one attached hydrogen (secondary N) is 2. The minimum absolute atomic E-state index is 0.00512. The summed E-state index contributed by atoms with van der Waals surface area (Å²) in [6.45, 7) is -0.0378. The van der Waals surface area contributed by atoms with E-state index in [1.165, 1.54) is 54.7 Å². The monoisotopic (exact) mass is 668 g/mol. The molecule has 2 fully saturated rings. The number of phenols is 4. The van der Waals surface area contributed by atoms with Gasteiger partial charge in [0.05, 0.1) is 11.3 Å². The first-order valence-electron chi connectivity index (χ1n) is 13.8. The Morgan fingerprint density at radius 2 is 1.53 bits per heavy atom. The van der Waals surface area contributed by atoms with E-state index in [9.17, 15) is 53.1 Å². The largest absolute Gasteiger partial charge is 0.504 e. The third-order valence-corrected chi connectivity index (χ3v) is 10.6. The molecule has 47 heavy (non-hydrogen) atoms. The number of phenolic OH excluding ortho intramolecular Hbond substituents is 4. The number of fused-ring (bicyclic) bond motifs is 1. The first-order chi connectivity index (χ1) is 22.1. The van der Waals surface area contributed by atoms with Crippen molar-refractivity contribution in [2.75, 3.05) is 6.61 Å². The van der Waals surface area contributed by atoms with Gasteiger partial charge in [0.25, 0.3) is 11.8 Å². The van der Waals surface area contributed by atoms with Crippen LogP contribution in [0.3, 0.4) is 0 Å². The highest BCUT2D eigenvalue weighted by Gasteiger charge is 2.72. The number of hydrogen-bond acceptors (Lipinski definition) is 12. The fraction of sp³-hybridized carbons (Fsp3) is 0.233. The molecule has 2 saturated heterocycles. The molecule has 0 aliphatic carbocycles. The van der Waals surface area contributed by atoms with Crippen molar-refractivity contribution in [1.82, 2.24) is 20.5 Å². The average molecular weight is 669 g/mol. The number of carbonyl (C=O) groups is 4. The van der Waals surface area contributed by atoms with Gasteiger partial charge in [-0.2, -0.15) is 0 Å². The molecule has 3 heterocycles. The van der Waals surface area contributed by atoms with E-state index < -0.39 is 62.2 Å². The third kappa shape index (κ3) is 5.95. The predicted octanol–water partition coefficient (Wildman–Crippen LogP) is 0.952. The Kier molecular flexibility index (Phi) is 8.42. The van der Waals surface area contributed by atoms with Crippen LogP contribution in [0.4, 0.5) is 4.79 Å². The second-order valence-corrected chi connectivity index (χ2v) is 13.5. The molecule has 0 bridgehead atoms. The van der Waals surface area contributed by atoms with E-state index in [1.807, 2.05) is 0 Å². The lowest BCUT2D eigenvalue weighted by atomic mass is 9.94. The van der Waals surface area contributed by atoms with Crippen molar-refractivity contribution in [3.63, 3.8) is 0 Å². The Hall–Kier alpha value is -5.84. The van der Waals surface area contributed by atoms with Gasteiger partial charge in [-0.15, -0.1) is 0 Å². The topological polar surface area (TPSA) is 253 Å². The number of rotatable bonds is 9. The summed E-state index contributed by atoms with van der Waals surface area (Å²) in [5.41, 5.74) is 0.711. The number of aromatic hydroxyl groups is 4. The van der Waals surface area contributed by atoms with E-state index in [1.54, 1.807) is 0 Å².